The normalized spacial score (nSPS) is 14.5. The molecule has 158 valence electrons. The van der Waals surface area contributed by atoms with Crippen LogP contribution in [-0.2, 0) is 17.7 Å². The molecule has 0 bridgehead atoms. The van der Waals surface area contributed by atoms with E-state index < -0.39 is 18.6 Å². The Kier molecular flexibility index (Phi) is 17.4. The van der Waals surface area contributed by atoms with E-state index in [1.807, 2.05) is 27.7 Å². The standard InChI is InChI=1S/C18H44N2O4Si2/c1-7-21-25(22-8-2)17(5)11-14-20(16-13-19)15-12-18(6)26(23-9-3)24-10-4/h17-18,25-26H,7-16,19H2,1-6H3. The van der Waals surface area contributed by atoms with E-state index in [0.29, 0.717) is 17.6 Å². The third-order valence-electron chi connectivity index (χ3n) is 4.50. The van der Waals surface area contributed by atoms with Gasteiger partial charge in [0, 0.05) is 39.5 Å². The highest BCUT2D eigenvalue weighted by molar-refractivity contribution is 6.46. The van der Waals surface area contributed by atoms with Gasteiger partial charge in [0.25, 0.3) is 0 Å². The number of hydrogen-bond acceptors (Lipinski definition) is 6. The fourth-order valence-corrected chi connectivity index (χ4v) is 6.64. The van der Waals surface area contributed by atoms with Crippen LogP contribution in [0.25, 0.3) is 0 Å². The van der Waals surface area contributed by atoms with Crippen LogP contribution in [-0.4, -0.2) is 76.1 Å². The van der Waals surface area contributed by atoms with E-state index in [-0.39, 0.29) is 0 Å². The minimum absolute atomic E-state index is 0.501. The molecule has 0 aliphatic carbocycles. The molecule has 0 aromatic carbocycles. The van der Waals surface area contributed by atoms with Crippen molar-refractivity contribution in [2.24, 2.45) is 5.73 Å². The van der Waals surface area contributed by atoms with Crippen molar-refractivity contribution in [1.82, 2.24) is 4.90 Å². The van der Waals surface area contributed by atoms with Crippen molar-refractivity contribution in [3.63, 3.8) is 0 Å². The minimum atomic E-state index is -1.57. The largest absolute Gasteiger partial charge is 0.397 e. The molecule has 0 aromatic rings. The summed E-state index contributed by atoms with van der Waals surface area (Å²) in [5.41, 5.74) is 6.83. The number of nitrogens with two attached hydrogens (primary N) is 1. The van der Waals surface area contributed by atoms with E-state index in [1.54, 1.807) is 0 Å². The van der Waals surface area contributed by atoms with Crippen molar-refractivity contribution < 1.29 is 17.7 Å². The lowest BCUT2D eigenvalue weighted by atomic mass is 10.2. The summed E-state index contributed by atoms with van der Waals surface area (Å²) in [5, 5.41) is 0. The Morgan fingerprint density at radius 1 is 0.692 bits per heavy atom. The van der Waals surface area contributed by atoms with Crippen molar-refractivity contribution in [3.8, 4) is 0 Å². The van der Waals surface area contributed by atoms with Crippen molar-refractivity contribution in [3.05, 3.63) is 0 Å². The molecule has 0 amide bonds. The maximum absolute atomic E-state index is 5.87. The van der Waals surface area contributed by atoms with E-state index in [2.05, 4.69) is 18.7 Å². The first-order valence-corrected chi connectivity index (χ1v) is 13.6. The molecule has 0 radical (unpaired) electrons. The van der Waals surface area contributed by atoms with E-state index in [9.17, 15) is 0 Å². The van der Waals surface area contributed by atoms with Crippen LogP contribution in [0.5, 0.6) is 0 Å². The first-order chi connectivity index (χ1) is 12.5. The average molecular weight is 409 g/mol. The van der Waals surface area contributed by atoms with E-state index in [1.165, 1.54) is 0 Å². The third-order valence-corrected chi connectivity index (χ3v) is 9.67. The van der Waals surface area contributed by atoms with Crippen molar-refractivity contribution in [1.29, 1.82) is 0 Å². The number of rotatable bonds is 18. The Morgan fingerprint density at radius 2 is 1.04 bits per heavy atom. The zero-order chi connectivity index (χ0) is 19.8. The van der Waals surface area contributed by atoms with Gasteiger partial charge in [-0.1, -0.05) is 13.8 Å². The molecule has 2 N–H and O–H groups in total. The van der Waals surface area contributed by atoms with Gasteiger partial charge in [0.2, 0.25) is 0 Å². The second-order valence-electron chi connectivity index (χ2n) is 6.72. The molecule has 26 heavy (non-hydrogen) atoms. The predicted octanol–water partition coefficient (Wildman–Crippen LogP) is 2.39. The van der Waals surface area contributed by atoms with Gasteiger partial charge in [-0.15, -0.1) is 0 Å². The summed E-state index contributed by atoms with van der Waals surface area (Å²) >= 11 is 0. The lowest BCUT2D eigenvalue weighted by Crippen LogP contribution is -2.36. The van der Waals surface area contributed by atoms with Gasteiger partial charge in [-0.2, -0.15) is 0 Å². The molecule has 0 saturated heterocycles. The van der Waals surface area contributed by atoms with Crippen LogP contribution in [0.3, 0.4) is 0 Å². The van der Waals surface area contributed by atoms with E-state index in [4.69, 9.17) is 23.4 Å². The highest BCUT2D eigenvalue weighted by atomic mass is 28.3. The lowest BCUT2D eigenvalue weighted by molar-refractivity contribution is 0.193. The second kappa shape index (κ2) is 17.3. The zero-order valence-electron chi connectivity index (χ0n) is 18.0. The topological polar surface area (TPSA) is 66.2 Å². The number of nitrogens with zero attached hydrogens (tertiary/aromatic N) is 1. The molecule has 0 rings (SSSR count). The SMILES string of the molecule is CCO[SiH](OCC)C(C)CCN(CCN)CCC(C)[SiH](OCC)OCC. The van der Waals surface area contributed by atoms with Gasteiger partial charge in [0.05, 0.1) is 0 Å². The summed E-state index contributed by atoms with van der Waals surface area (Å²) in [6.07, 6.45) is 2.20. The summed E-state index contributed by atoms with van der Waals surface area (Å²) < 4.78 is 23.5. The zero-order valence-corrected chi connectivity index (χ0v) is 20.3. The predicted molar refractivity (Wildman–Crippen MR) is 114 cm³/mol. The fourth-order valence-electron chi connectivity index (χ4n) is 2.97. The van der Waals surface area contributed by atoms with Gasteiger partial charge < -0.3 is 28.3 Å². The Bertz CT molecular complexity index is 279. The highest BCUT2D eigenvalue weighted by Crippen LogP contribution is 2.20. The summed E-state index contributed by atoms with van der Waals surface area (Å²) in [6.45, 7) is 19.4. The van der Waals surface area contributed by atoms with Crippen LogP contribution in [0.15, 0.2) is 0 Å². The van der Waals surface area contributed by atoms with Crippen LogP contribution >= 0.6 is 0 Å². The maximum atomic E-state index is 5.87. The molecule has 0 fully saturated rings. The minimum Gasteiger partial charge on any atom is -0.397 e. The molecule has 0 aromatic heterocycles. The summed E-state index contributed by atoms with van der Waals surface area (Å²) in [7, 11) is -3.15. The molecule has 8 heteroatoms. The molecular formula is C18H44N2O4Si2. The fraction of sp³-hybridized carbons (Fsp3) is 1.00. The molecule has 0 spiro atoms. The van der Waals surface area contributed by atoms with Gasteiger partial charge in [-0.05, 0) is 64.7 Å². The monoisotopic (exact) mass is 408 g/mol. The van der Waals surface area contributed by atoms with Gasteiger partial charge in [-0.25, -0.2) is 0 Å². The third kappa shape index (κ3) is 11.8. The number of hydrogen-bond donors (Lipinski definition) is 1. The maximum Gasteiger partial charge on any atom is 0.324 e. The molecule has 2 unspecified atom stereocenters. The molecule has 2 atom stereocenters. The van der Waals surface area contributed by atoms with Crippen LogP contribution in [0, 0.1) is 0 Å². The second-order valence-corrected chi connectivity index (χ2v) is 11.8. The quantitative estimate of drug-likeness (QED) is 0.351. The molecule has 6 nitrogen and oxygen atoms in total. The molecule has 0 saturated carbocycles. The first kappa shape index (κ1) is 26.2. The lowest BCUT2D eigenvalue weighted by Gasteiger charge is -2.28. The van der Waals surface area contributed by atoms with Crippen molar-refractivity contribution in [2.75, 3.05) is 52.6 Å². The summed E-state index contributed by atoms with van der Waals surface area (Å²) in [4.78, 5) is 2.47. The van der Waals surface area contributed by atoms with Crippen molar-refractivity contribution in [2.45, 2.75) is 65.5 Å². The Morgan fingerprint density at radius 3 is 1.31 bits per heavy atom. The Labute approximate surface area is 165 Å². The van der Waals surface area contributed by atoms with Gasteiger partial charge in [-0.3, -0.25) is 0 Å². The molecule has 0 aliphatic heterocycles. The Hall–Kier alpha value is 0.194. The van der Waals surface area contributed by atoms with Gasteiger partial charge >= 0.3 is 18.6 Å². The first-order valence-electron chi connectivity index (χ1n) is 10.4. The van der Waals surface area contributed by atoms with E-state index in [0.717, 1.165) is 58.9 Å². The van der Waals surface area contributed by atoms with Crippen molar-refractivity contribution >= 4 is 18.6 Å². The molecule has 0 heterocycles. The van der Waals surface area contributed by atoms with Crippen LogP contribution in [0.1, 0.15) is 54.4 Å². The van der Waals surface area contributed by atoms with Crippen LogP contribution in [0.4, 0.5) is 0 Å². The van der Waals surface area contributed by atoms with Crippen LogP contribution < -0.4 is 5.73 Å². The van der Waals surface area contributed by atoms with Crippen LogP contribution in [0.2, 0.25) is 11.1 Å². The van der Waals surface area contributed by atoms with E-state index >= 15 is 0 Å². The molecular weight excluding hydrogens is 364 g/mol. The summed E-state index contributed by atoms with van der Waals surface area (Å²) in [5.74, 6) is 0. The highest BCUT2D eigenvalue weighted by Gasteiger charge is 2.24. The Balaban J connectivity index is 4.45. The van der Waals surface area contributed by atoms with Gasteiger partial charge in [0.1, 0.15) is 0 Å². The summed E-state index contributed by atoms with van der Waals surface area (Å²) in [6, 6.07) is 0. The average Bonchev–Trinajstić information content (AvgIpc) is 2.63. The molecule has 0 aliphatic rings. The smallest absolute Gasteiger partial charge is 0.324 e. The van der Waals surface area contributed by atoms with Gasteiger partial charge in [0.15, 0.2) is 0 Å².